The second-order valence-corrected chi connectivity index (χ2v) is 8.13. The van der Waals surface area contributed by atoms with Gasteiger partial charge in [0.05, 0.1) is 5.60 Å². The number of hydrogen-bond donors (Lipinski definition) is 2. The molecule has 1 unspecified atom stereocenters. The van der Waals surface area contributed by atoms with Crippen LogP contribution < -0.4 is 5.73 Å². The molecule has 0 bridgehead atoms. The Labute approximate surface area is 117 Å². The molecule has 0 aromatic carbocycles. The van der Waals surface area contributed by atoms with Crippen molar-refractivity contribution in [3.8, 4) is 0 Å². The van der Waals surface area contributed by atoms with Gasteiger partial charge in [0.15, 0.2) is 0 Å². The maximum absolute atomic E-state index is 11.3. The Morgan fingerprint density at radius 3 is 2.26 bits per heavy atom. The highest BCUT2D eigenvalue weighted by Gasteiger charge is 2.55. The van der Waals surface area contributed by atoms with E-state index in [1.807, 2.05) is 0 Å². The van der Waals surface area contributed by atoms with E-state index < -0.39 is 5.60 Å². The van der Waals surface area contributed by atoms with Gasteiger partial charge in [-0.15, -0.1) is 0 Å². The van der Waals surface area contributed by atoms with Crippen LogP contribution in [-0.4, -0.2) is 41.3 Å². The minimum absolute atomic E-state index is 0.0217. The Morgan fingerprint density at radius 1 is 1.11 bits per heavy atom. The van der Waals surface area contributed by atoms with Gasteiger partial charge < -0.3 is 10.8 Å². The normalized spacial score (nSPS) is 38.5. The lowest BCUT2D eigenvalue weighted by atomic mass is 9.58. The topological polar surface area (TPSA) is 49.5 Å². The second-order valence-electron chi connectivity index (χ2n) is 8.13. The van der Waals surface area contributed by atoms with Gasteiger partial charge in [0.2, 0.25) is 0 Å². The summed E-state index contributed by atoms with van der Waals surface area (Å²) in [5.41, 5.74) is 6.04. The van der Waals surface area contributed by atoms with Crippen LogP contribution in [-0.2, 0) is 0 Å². The molecule has 3 aliphatic rings. The van der Waals surface area contributed by atoms with Crippen LogP contribution in [0.2, 0.25) is 0 Å². The molecule has 3 heteroatoms. The average Bonchev–Trinajstić information content (AvgIpc) is 3.14. The molecule has 0 spiro atoms. The summed E-state index contributed by atoms with van der Waals surface area (Å²) >= 11 is 0. The van der Waals surface area contributed by atoms with Gasteiger partial charge in [-0.1, -0.05) is 13.8 Å². The fourth-order valence-electron chi connectivity index (χ4n) is 4.27. The number of likely N-dealkylation sites (tertiary alicyclic amines) is 1. The van der Waals surface area contributed by atoms with Gasteiger partial charge in [0, 0.05) is 31.1 Å². The zero-order valence-electron chi connectivity index (χ0n) is 12.6. The van der Waals surface area contributed by atoms with Crippen molar-refractivity contribution in [3.63, 3.8) is 0 Å². The smallest absolute Gasteiger partial charge is 0.0854 e. The van der Waals surface area contributed by atoms with Crippen molar-refractivity contribution < 1.29 is 5.11 Å². The third-order valence-corrected chi connectivity index (χ3v) is 6.28. The number of aliphatic hydroxyl groups is 1. The fourth-order valence-corrected chi connectivity index (χ4v) is 4.27. The molecule has 3 fully saturated rings. The predicted octanol–water partition coefficient (Wildman–Crippen LogP) is 2.13. The van der Waals surface area contributed by atoms with E-state index in [-0.39, 0.29) is 5.41 Å². The van der Waals surface area contributed by atoms with Crippen LogP contribution in [0.4, 0.5) is 0 Å². The van der Waals surface area contributed by atoms with E-state index in [1.165, 1.54) is 25.7 Å². The molecule has 3 nitrogen and oxygen atoms in total. The van der Waals surface area contributed by atoms with Crippen LogP contribution in [0.3, 0.4) is 0 Å². The van der Waals surface area contributed by atoms with Gasteiger partial charge in [-0.2, -0.15) is 0 Å². The summed E-state index contributed by atoms with van der Waals surface area (Å²) < 4.78 is 0. The molecule has 0 radical (unpaired) electrons. The van der Waals surface area contributed by atoms with Crippen LogP contribution in [0.1, 0.15) is 58.8 Å². The molecule has 2 aliphatic carbocycles. The molecule has 110 valence electrons. The minimum atomic E-state index is -0.527. The van der Waals surface area contributed by atoms with Gasteiger partial charge in [0.25, 0.3) is 0 Å². The SMILES string of the molecule is CC1(C)CCC(CN)(C2(O)CCN(C3CC3)C2)CC1. The summed E-state index contributed by atoms with van der Waals surface area (Å²) in [5, 5.41) is 11.3. The number of rotatable bonds is 3. The number of nitrogens with zero attached hydrogens (tertiary/aromatic N) is 1. The molecular formula is C16H30N2O. The first-order valence-corrected chi connectivity index (χ1v) is 8.06. The van der Waals surface area contributed by atoms with Crippen molar-refractivity contribution >= 4 is 0 Å². The van der Waals surface area contributed by atoms with E-state index in [0.29, 0.717) is 12.0 Å². The van der Waals surface area contributed by atoms with Gasteiger partial charge >= 0.3 is 0 Å². The van der Waals surface area contributed by atoms with E-state index in [0.717, 1.165) is 38.4 Å². The van der Waals surface area contributed by atoms with Crippen LogP contribution in [0, 0.1) is 10.8 Å². The molecule has 3 rings (SSSR count). The average molecular weight is 266 g/mol. The van der Waals surface area contributed by atoms with E-state index in [4.69, 9.17) is 5.73 Å². The Morgan fingerprint density at radius 2 is 1.74 bits per heavy atom. The summed E-state index contributed by atoms with van der Waals surface area (Å²) in [6.07, 6.45) is 8.21. The van der Waals surface area contributed by atoms with Gasteiger partial charge in [-0.25, -0.2) is 0 Å². The molecule has 1 atom stereocenters. The Hall–Kier alpha value is -0.120. The first-order chi connectivity index (χ1) is 8.90. The molecular weight excluding hydrogens is 236 g/mol. The number of β-amino-alcohol motifs (C(OH)–C–C–N with tert-alkyl or cyclic N) is 1. The van der Waals surface area contributed by atoms with Gasteiger partial charge in [-0.3, -0.25) is 4.90 Å². The number of hydrogen-bond acceptors (Lipinski definition) is 3. The molecule has 19 heavy (non-hydrogen) atoms. The van der Waals surface area contributed by atoms with Crippen molar-refractivity contribution in [2.75, 3.05) is 19.6 Å². The standard InChI is InChI=1S/C16H30N2O/c1-14(2)5-7-15(11-17,8-6-14)16(19)9-10-18(12-16)13-3-4-13/h13,19H,3-12,17H2,1-2H3. The van der Waals surface area contributed by atoms with Crippen molar-refractivity contribution in [2.45, 2.75) is 70.4 Å². The van der Waals surface area contributed by atoms with Crippen molar-refractivity contribution in [3.05, 3.63) is 0 Å². The molecule has 3 N–H and O–H groups in total. The molecule has 1 aliphatic heterocycles. The lowest BCUT2D eigenvalue weighted by molar-refractivity contribution is -0.103. The molecule has 0 amide bonds. The maximum atomic E-state index is 11.3. The lowest BCUT2D eigenvalue weighted by Gasteiger charge is -2.51. The minimum Gasteiger partial charge on any atom is -0.388 e. The predicted molar refractivity (Wildman–Crippen MR) is 77.9 cm³/mol. The summed E-state index contributed by atoms with van der Waals surface area (Å²) in [4.78, 5) is 2.51. The largest absolute Gasteiger partial charge is 0.388 e. The van der Waals surface area contributed by atoms with Crippen LogP contribution in [0.5, 0.6) is 0 Å². The van der Waals surface area contributed by atoms with Crippen molar-refractivity contribution in [1.82, 2.24) is 4.90 Å². The van der Waals surface area contributed by atoms with E-state index in [1.54, 1.807) is 0 Å². The maximum Gasteiger partial charge on any atom is 0.0854 e. The first-order valence-electron chi connectivity index (χ1n) is 8.06. The summed E-state index contributed by atoms with van der Waals surface area (Å²) in [7, 11) is 0. The van der Waals surface area contributed by atoms with Crippen LogP contribution in [0.25, 0.3) is 0 Å². The Kier molecular flexibility index (Phi) is 3.23. The van der Waals surface area contributed by atoms with Crippen LogP contribution in [0.15, 0.2) is 0 Å². The summed E-state index contributed by atoms with van der Waals surface area (Å²) in [6, 6.07) is 0.767. The number of nitrogens with two attached hydrogens (primary N) is 1. The monoisotopic (exact) mass is 266 g/mol. The van der Waals surface area contributed by atoms with E-state index in [2.05, 4.69) is 18.7 Å². The van der Waals surface area contributed by atoms with Gasteiger partial charge in [-0.05, 0) is 50.4 Å². The van der Waals surface area contributed by atoms with Crippen molar-refractivity contribution in [2.24, 2.45) is 16.6 Å². The molecule has 2 saturated carbocycles. The summed E-state index contributed by atoms with van der Waals surface area (Å²) in [6.45, 7) is 7.30. The Bertz CT molecular complexity index is 341. The molecule has 1 heterocycles. The highest BCUT2D eigenvalue weighted by molar-refractivity contribution is 5.09. The second kappa shape index (κ2) is 4.44. The Balaban J connectivity index is 1.74. The molecule has 0 aromatic heterocycles. The van der Waals surface area contributed by atoms with E-state index in [9.17, 15) is 5.11 Å². The fraction of sp³-hybridized carbons (Fsp3) is 1.00. The zero-order valence-corrected chi connectivity index (χ0v) is 12.6. The highest BCUT2D eigenvalue weighted by atomic mass is 16.3. The first kappa shape index (κ1) is 13.8. The van der Waals surface area contributed by atoms with E-state index >= 15 is 0 Å². The quantitative estimate of drug-likeness (QED) is 0.823. The summed E-state index contributed by atoms with van der Waals surface area (Å²) in [5.74, 6) is 0. The molecule has 0 aromatic rings. The third kappa shape index (κ3) is 2.34. The lowest BCUT2D eigenvalue weighted by Crippen LogP contribution is -2.56. The third-order valence-electron chi connectivity index (χ3n) is 6.28. The highest BCUT2D eigenvalue weighted by Crippen LogP contribution is 2.53. The van der Waals surface area contributed by atoms with Gasteiger partial charge in [0.1, 0.15) is 0 Å². The molecule has 1 saturated heterocycles. The van der Waals surface area contributed by atoms with Crippen molar-refractivity contribution in [1.29, 1.82) is 0 Å². The van der Waals surface area contributed by atoms with Crippen LogP contribution >= 0.6 is 0 Å². The zero-order chi connectivity index (χ0) is 13.7.